The molecule has 1 aromatic rings. The Morgan fingerprint density at radius 2 is 2.00 bits per heavy atom. The van der Waals surface area contributed by atoms with Gasteiger partial charge in [0.1, 0.15) is 6.10 Å². The maximum atomic E-state index is 12.6. The van der Waals surface area contributed by atoms with E-state index in [4.69, 9.17) is 5.73 Å². The first-order valence-electron chi connectivity index (χ1n) is 5.56. The lowest BCUT2D eigenvalue weighted by Crippen LogP contribution is -2.23. The number of benzene rings is 1. The highest BCUT2D eigenvalue weighted by atomic mass is 19.4. The fraction of sp³-hybridized carbons (Fsp3) is 0.417. The summed E-state index contributed by atoms with van der Waals surface area (Å²) in [6, 6.07) is 2.38. The SMILES string of the molecule is COC(=O)CC(O)C(O)c1cc(C(F)(F)F)ccc1N. The predicted molar refractivity (Wildman–Crippen MR) is 63.5 cm³/mol. The third kappa shape index (κ3) is 3.84. The third-order valence-corrected chi connectivity index (χ3v) is 2.70. The molecular weight excluding hydrogens is 279 g/mol. The molecule has 112 valence electrons. The van der Waals surface area contributed by atoms with Crippen molar-refractivity contribution < 1.29 is 32.9 Å². The molecule has 0 aliphatic carbocycles. The van der Waals surface area contributed by atoms with Gasteiger partial charge in [0, 0.05) is 11.3 Å². The molecule has 8 heteroatoms. The second-order valence-corrected chi connectivity index (χ2v) is 4.13. The van der Waals surface area contributed by atoms with Crippen molar-refractivity contribution in [1.82, 2.24) is 0 Å². The van der Waals surface area contributed by atoms with Gasteiger partial charge in [0.05, 0.1) is 25.2 Å². The maximum Gasteiger partial charge on any atom is 0.416 e. The van der Waals surface area contributed by atoms with E-state index in [-0.39, 0.29) is 11.3 Å². The van der Waals surface area contributed by atoms with E-state index in [2.05, 4.69) is 4.74 Å². The van der Waals surface area contributed by atoms with E-state index in [1.54, 1.807) is 0 Å². The number of nitrogen functional groups attached to an aromatic ring is 1. The Morgan fingerprint density at radius 3 is 2.50 bits per heavy atom. The number of hydrogen-bond donors (Lipinski definition) is 3. The summed E-state index contributed by atoms with van der Waals surface area (Å²) in [6.07, 6.45) is -8.51. The highest BCUT2D eigenvalue weighted by Crippen LogP contribution is 2.34. The van der Waals surface area contributed by atoms with Crippen molar-refractivity contribution in [2.75, 3.05) is 12.8 Å². The van der Waals surface area contributed by atoms with Crippen molar-refractivity contribution >= 4 is 11.7 Å². The molecule has 0 aliphatic heterocycles. The second-order valence-electron chi connectivity index (χ2n) is 4.13. The lowest BCUT2D eigenvalue weighted by atomic mass is 9.98. The van der Waals surface area contributed by atoms with Gasteiger partial charge in [-0.3, -0.25) is 4.79 Å². The molecule has 0 saturated carbocycles. The lowest BCUT2D eigenvalue weighted by molar-refractivity contribution is -0.145. The fourth-order valence-corrected chi connectivity index (χ4v) is 1.58. The van der Waals surface area contributed by atoms with Crippen LogP contribution < -0.4 is 5.73 Å². The smallest absolute Gasteiger partial charge is 0.416 e. The fourth-order valence-electron chi connectivity index (χ4n) is 1.58. The van der Waals surface area contributed by atoms with Crippen LogP contribution in [0.1, 0.15) is 23.7 Å². The minimum Gasteiger partial charge on any atom is -0.469 e. The summed E-state index contributed by atoms with van der Waals surface area (Å²) in [5.41, 5.74) is 4.06. The van der Waals surface area contributed by atoms with E-state index in [0.717, 1.165) is 19.2 Å². The van der Waals surface area contributed by atoms with Gasteiger partial charge in [-0.25, -0.2) is 0 Å². The van der Waals surface area contributed by atoms with E-state index in [0.29, 0.717) is 6.07 Å². The van der Waals surface area contributed by atoms with Gasteiger partial charge in [-0.1, -0.05) is 0 Å². The molecule has 4 N–H and O–H groups in total. The first-order chi connectivity index (χ1) is 9.16. The van der Waals surface area contributed by atoms with Crippen LogP contribution in [0.25, 0.3) is 0 Å². The van der Waals surface area contributed by atoms with Crippen LogP contribution in [0.2, 0.25) is 0 Å². The normalized spacial score (nSPS) is 14.7. The molecule has 0 spiro atoms. The van der Waals surface area contributed by atoms with Gasteiger partial charge in [-0.15, -0.1) is 0 Å². The Balaban J connectivity index is 3.03. The number of halogens is 3. The number of rotatable bonds is 4. The van der Waals surface area contributed by atoms with Crippen LogP contribution in [0.3, 0.4) is 0 Å². The standard InChI is InChI=1S/C12H14F3NO4/c1-20-10(18)5-9(17)11(19)7-4-6(12(13,14)15)2-3-8(7)16/h2-4,9,11,17,19H,5,16H2,1H3. The Labute approximate surface area is 112 Å². The van der Waals surface area contributed by atoms with Crippen LogP contribution in [0.4, 0.5) is 18.9 Å². The minimum atomic E-state index is -4.60. The van der Waals surface area contributed by atoms with Crippen molar-refractivity contribution in [3.63, 3.8) is 0 Å². The maximum absolute atomic E-state index is 12.6. The second kappa shape index (κ2) is 6.10. The van der Waals surface area contributed by atoms with Gasteiger partial charge in [0.15, 0.2) is 0 Å². The number of alkyl halides is 3. The Morgan fingerprint density at radius 1 is 1.40 bits per heavy atom. The third-order valence-electron chi connectivity index (χ3n) is 2.70. The molecule has 20 heavy (non-hydrogen) atoms. The Kier molecular flexibility index (Phi) is 4.96. The van der Waals surface area contributed by atoms with Gasteiger partial charge in [0.2, 0.25) is 0 Å². The first-order valence-corrected chi connectivity index (χ1v) is 5.56. The van der Waals surface area contributed by atoms with Gasteiger partial charge < -0.3 is 20.7 Å². The van der Waals surface area contributed by atoms with E-state index >= 15 is 0 Å². The number of carbonyl (C=O) groups is 1. The van der Waals surface area contributed by atoms with Crippen molar-refractivity contribution in [2.24, 2.45) is 0 Å². The molecule has 5 nitrogen and oxygen atoms in total. The number of methoxy groups -OCH3 is 1. The summed E-state index contributed by atoms with van der Waals surface area (Å²) in [6.45, 7) is 0. The zero-order chi connectivity index (χ0) is 15.5. The average molecular weight is 293 g/mol. The van der Waals surface area contributed by atoms with Crippen molar-refractivity contribution in [1.29, 1.82) is 0 Å². The largest absolute Gasteiger partial charge is 0.469 e. The molecular formula is C12H14F3NO4. The zero-order valence-electron chi connectivity index (χ0n) is 10.5. The number of hydrogen-bond acceptors (Lipinski definition) is 5. The number of nitrogens with two attached hydrogens (primary N) is 1. The Bertz CT molecular complexity index is 490. The monoisotopic (exact) mass is 293 g/mol. The van der Waals surface area contributed by atoms with Gasteiger partial charge in [0.25, 0.3) is 0 Å². The molecule has 1 aromatic carbocycles. The van der Waals surface area contributed by atoms with Crippen LogP contribution in [0, 0.1) is 0 Å². The molecule has 0 heterocycles. The molecule has 0 aromatic heterocycles. The first kappa shape index (κ1) is 16.3. The van der Waals surface area contributed by atoms with E-state index in [1.807, 2.05) is 0 Å². The summed E-state index contributed by atoms with van der Waals surface area (Å²) >= 11 is 0. The molecule has 0 aliphatic rings. The van der Waals surface area contributed by atoms with Crippen molar-refractivity contribution in [3.8, 4) is 0 Å². The van der Waals surface area contributed by atoms with Crippen LogP contribution in [0.5, 0.6) is 0 Å². The molecule has 2 unspecified atom stereocenters. The summed E-state index contributed by atoms with van der Waals surface area (Å²) < 4.78 is 42.0. The molecule has 0 radical (unpaired) electrons. The average Bonchev–Trinajstić information content (AvgIpc) is 2.36. The summed E-state index contributed by atoms with van der Waals surface area (Å²) in [5, 5.41) is 19.4. The van der Waals surface area contributed by atoms with Crippen LogP contribution >= 0.6 is 0 Å². The topological polar surface area (TPSA) is 92.8 Å². The van der Waals surface area contributed by atoms with E-state index < -0.39 is 36.3 Å². The van der Waals surface area contributed by atoms with E-state index in [9.17, 15) is 28.2 Å². The number of carbonyl (C=O) groups excluding carboxylic acids is 1. The van der Waals surface area contributed by atoms with Gasteiger partial charge >= 0.3 is 12.1 Å². The Hall–Kier alpha value is -1.80. The zero-order valence-corrected chi connectivity index (χ0v) is 10.5. The molecule has 0 bridgehead atoms. The van der Waals surface area contributed by atoms with Crippen LogP contribution in [-0.2, 0) is 15.7 Å². The molecule has 0 amide bonds. The van der Waals surface area contributed by atoms with Gasteiger partial charge in [-0.2, -0.15) is 13.2 Å². The summed E-state index contributed by atoms with van der Waals surface area (Å²) in [5.74, 6) is -0.804. The number of aliphatic hydroxyl groups is 2. The van der Waals surface area contributed by atoms with Crippen LogP contribution in [-0.4, -0.2) is 29.4 Å². The quantitative estimate of drug-likeness (QED) is 0.574. The molecule has 2 atom stereocenters. The van der Waals surface area contributed by atoms with Crippen LogP contribution in [0.15, 0.2) is 18.2 Å². The number of ether oxygens (including phenoxy) is 1. The van der Waals surface area contributed by atoms with E-state index in [1.165, 1.54) is 0 Å². The summed E-state index contributed by atoms with van der Waals surface area (Å²) in [4.78, 5) is 11.0. The number of aliphatic hydroxyl groups excluding tert-OH is 2. The van der Waals surface area contributed by atoms with Crippen molar-refractivity contribution in [2.45, 2.75) is 24.8 Å². The number of esters is 1. The molecule has 0 fully saturated rings. The predicted octanol–water partition coefficient (Wildman–Crippen LogP) is 1.24. The highest BCUT2D eigenvalue weighted by Gasteiger charge is 2.32. The number of anilines is 1. The van der Waals surface area contributed by atoms with Gasteiger partial charge in [-0.05, 0) is 18.2 Å². The van der Waals surface area contributed by atoms with Crippen molar-refractivity contribution in [3.05, 3.63) is 29.3 Å². The molecule has 0 saturated heterocycles. The minimum absolute atomic E-state index is 0.116. The molecule has 1 rings (SSSR count). The highest BCUT2D eigenvalue weighted by molar-refractivity contribution is 5.70. The lowest BCUT2D eigenvalue weighted by Gasteiger charge is -2.20. The summed E-state index contributed by atoms with van der Waals surface area (Å²) in [7, 11) is 1.08.